The van der Waals surface area contributed by atoms with Gasteiger partial charge >= 0.3 is 5.97 Å². The Bertz CT molecular complexity index is 1220. The fourth-order valence-corrected chi connectivity index (χ4v) is 3.39. The molecule has 0 spiro atoms. The minimum atomic E-state index is -0.781. The van der Waals surface area contributed by atoms with Crippen LogP contribution in [0.4, 0.5) is 0 Å². The molecule has 0 fully saturated rings. The summed E-state index contributed by atoms with van der Waals surface area (Å²) in [5, 5.41) is 4.85. The van der Waals surface area contributed by atoms with Gasteiger partial charge in [-0.25, -0.2) is 9.78 Å². The standard InChI is InChI=1S/C23H24BrN3O5/c1-5-21-26-18-9-8-16(24)12-17(18)22(28)27(21)25-13-15-7-10-19(20(11-15)30-4)32-14(3)23(29)31-6-2/h7-14H,5-6H2,1-4H3/t14-/m0/s1. The summed E-state index contributed by atoms with van der Waals surface area (Å²) in [6.07, 6.45) is 1.31. The lowest BCUT2D eigenvalue weighted by Gasteiger charge is -2.16. The molecular formula is C23H24BrN3O5. The van der Waals surface area contributed by atoms with Crippen molar-refractivity contribution in [1.29, 1.82) is 0 Å². The first-order chi connectivity index (χ1) is 15.4. The maximum absolute atomic E-state index is 13.0. The molecule has 0 saturated heterocycles. The Morgan fingerprint density at radius 2 is 2.00 bits per heavy atom. The number of fused-ring (bicyclic) bond motifs is 1. The van der Waals surface area contributed by atoms with E-state index in [9.17, 15) is 9.59 Å². The third kappa shape index (κ3) is 5.16. The molecule has 0 N–H and O–H groups in total. The lowest BCUT2D eigenvalue weighted by Crippen LogP contribution is -2.26. The SMILES string of the molecule is CCOC(=O)[C@H](C)Oc1ccc(C=Nn2c(CC)nc3ccc(Br)cc3c2=O)cc1OC. The van der Waals surface area contributed by atoms with Crippen LogP contribution < -0.4 is 15.0 Å². The number of hydrogen-bond acceptors (Lipinski definition) is 7. The predicted molar refractivity (Wildman–Crippen MR) is 126 cm³/mol. The molecule has 0 radical (unpaired) electrons. The van der Waals surface area contributed by atoms with Gasteiger partial charge in [-0.2, -0.15) is 9.78 Å². The smallest absolute Gasteiger partial charge is 0.347 e. The molecule has 0 amide bonds. The molecule has 3 aromatic rings. The molecule has 0 aliphatic heterocycles. The number of benzene rings is 2. The molecule has 8 nitrogen and oxygen atoms in total. The van der Waals surface area contributed by atoms with Gasteiger partial charge in [-0.3, -0.25) is 4.79 Å². The third-order valence-corrected chi connectivity index (χ3v) is 5.12. The van der Waals surface area contributed by atoms with Crippen LogP contribution in [0.15, 0.2) is 50.8 Å². The van der Waals surface area contributed by atoms with E-state index >= 15 is 0 Å². The Balaban J connectivity index is 1.93. The molecule has 2 aromatic carbocycles. The Morgan fingerprint density at radius 3 is 2.69 bits per heavy atom. The molecule has 1 aromatic heterocycles. The first-order valence-corrected chi connectivity index (χ1v) is 10.9. The van der Waals surface area contributed by atoms with E-state index in [4.69, 9.17) is 14.2 Å². The van der Waals surface area contributed by atoms with Crippen molar-refractivity contribution < 1.29 is 19.0 Å². The summed E-state index contributed by atoms with van der Waals surface area (Å²) >= 11 is 3.39. The van der Waals surface area contributed by atoms with Crippen molar-refractivity contribution in [3.8, 4) is 11.5 Å². The number of aryl methyl sites for hydroxylation is 1. The topological polar surface area (TPSA) is 92.0 Å². The van der Waals surface area contributed by atoms with Crippen LogP contribution in [0.2, 0.25) is 0 Å². The first-order valence-electron chi connectivity index (χ1n) is 10.1. The van der Waals surface area contributed by atoms with Gasteiger partial charge in [0.1, 0.15) is 5.82 Å². The molecule has 1 atom stereocenters. The molecule has 0 saturated carbocycles. The number of methoxy groups -OCH3 is 1. The van der Waals surface area contributed by atoms with Crippen molar-refractivity contribution in [2.45, 2.75) is 33.3 Å². The Hall–Kier alpha value is -3.20. The molecule has 0 aliphatic carbocycles. The van der Waals surface area contributed by atoms with Gasteiger partial charge in [0.15, 0.2) is 17.6 Å². The monoisotopic (exact) mass is 501 g/mol. The molecule has 9 heteroatoms. The summed E-state index contributed by atoms with van der Waals surface area (Å²) in [5.41, 5.74) is 1.06. The van der Waals surface area contributed by atoms with Gasteiger partial charge in [-0.05, 0) is 55.8 Å². The molecule has 0 unspecified atom stereocenters. The number of carbonyl (C=O) groups excluding carboxylic acids is 1. The summed E-state index contributed by atoms with van der Waals surface area (Å²) in [6, 6.07) is 10.5. The van der Waals surface area contributed by atoms with Gasteiger partial charge in [0.05, 0.1) is 30.8 Å². The maximum Gasteiger partial charge on any atom is 0.347 e. The van der Waals surface area contributed by atoms with Crippen LogP contribution in [0.3, 0.4) is 0 Å². The fourth-order valence-electron chi connectivity index (χ4n) is 3.03. The number of rotatable bonds is 8. The van der Waals surface area contributed by atoms with Crippen LogP contribution in [0.5, 0.6) is 11.5 Å². The molecule has 1 heterocycles. The normalized spacial score (nSPS) is 12.2. The molecule has 32 heavy (non-hydrogen) atoms. The Kier molecular flexibility index (Phi) is 7.63. The number of esters is 1. The number of aromatic nitrogens is 2. The van der Waals surface area contributed by atoms with Crippen LogP contribution in [-0.2, 0) is 16.0 Å². The zero-order valence-electron chi connectivity index (χ0n) is 18.3. The molecule has 0 aliphatic rings. The van der Waals surface area contributed by atoms with Gasteiger partial charge in [0.2, 0.25) is 0 Å². The van der Waals surface area contributed by atoms with E-state index in [0.717, 1.165) is 4.47 Å². The molecule has 3 rings (SSSR count). The maximum atomic E-state index is 13.0. The largest absolute Gasteiger partial charge is 0.493 e. The number of ether oxygens (including phenoxy) is 3. The van der Waals surface area contributed by atoms with Crippen LogP contribution >= 0.6 is 15.9 Å². The Morgan fingerprint density at radius 1 is 1.22 bits per heavy atom. The highest BCUT2D eigenvalue weighted by molar-refractivity contribution is 9.10. The van der Waals surface area contributed by atoms with Crippen LogP contribution in [0, 0.1) is 0 Å². The third-order valence-electron chi connectivity index (χ3n) is 4.62. The van der Waals surface area contributed by atoms with Crippen molar-refractivity contribution in [1.82, 2.24) is 9.66 Å². The van der Waals surface area contributed by atoms with E-state index < -0.39 is 12.1 Å². The second-order valence-electron chi connectivity index (χ2n) is 6.83. The summed E-state index contributed by atoms with van der Waals surface area (Å²) < 4.78 is 18.1. The van der Waals surface area contributed by atoms with Crippen LogP contribution in [-0.4, -0.2) is 41.7 Å². The van der Waals surface area contributed by atoms with E-state index in [1.165, 1.54) is 11.8 Å². The minimum Gasteiger partial charge on any atom is -0.493 e. The van der Waals surface area contributed by atoms with Gasteiger partial charge in [0, 0.05) is 10.9 Å². The molecule has 0 bridgehead atoms. The van der Waals surface area contributed by atoms with E-state index in [-0.39, 0.29) is 12.2 Å². The van der Waals surface area contributed by atoms with E-state index in [2.05, 4.69) is 26.0 Å². The second-order valence-corrected chi connectivity index (χ2v) is 7.74. The van der Waals surface area contributed by atoms with Crippen molar-refractivity contribution in [3.05, 3.63) is 62.6 Å². The number of carbonyl (C=O) groups is 1. The summed E-state index contributed by atoms with van der Waals surface area (Å²) in [5.74, 6) is 0.918. The van der Waals surface area contributed by atoms with Crippen LogP contribution in [0.1, 0.15) is 32.2 Å². The average molecular weight is 502 g/mol. The highest BCUT2D eigenvalue weighted by Gasteiger charge is 2.18. The summed E-state index contributed by atoms with van der Waals surface area (Å²) in [7, 11) is 1.50. The quantitative estimate of drug-likeness (QED) is 0.342. The predicted octanol–water partition coefficient (Wildman–Crippen LogP) is 3.94. The minimum absolute atomic E-state index is 0.250. The van der Waals surface area contributed by atoms with E-state index in [0.29, 0.717) is 40.2 Å². The highest BCUT2D eigenvalue weighted by atomic mass is 79.9. The Labute approximate surface area is 194 Å². The lowest BCUT2D eigenvalue weighted by atomic mass is 10.2. The zero-order chi connectivity index (χ0) is 23.3. The zero-order valence-corrected chi connectivity index (χ0v) is 19.9. The van der Waals surface area contributed by atoms with E-state index in [1.807, 2.05) is 13.0 Å². The average Bonchev–Trinajstić information content (AvgIpc) is 2.79. The van der Waals surface area contributed by atoms with Gasteiger partial charge in [-0.15, -0.1) is 0 Å². The highest BCUT2D eigenvalue weighted by Crippen LogP contribution is 2.28. The number of hydrogen-bond donors (Lipinski definition) is 0. The van der Waals surface area contributed by atoms with E-state index in [1.54, 1.807) is 50.4 Å². The van der Waals surface area contributed by atoms with Crippen molar-refractivity contribution in [2.24, 2.45) is 5.10 Å². The molecule has 168 valence electrons. The van der Waals surface area contributed by atoms with Crippen LogP contribution in [0.25, 0.3) is 10.9 Å². The lowest BCUT2D eigenvalue weighted by molar-refractivity contribution is -0.150. The van der Waals surface area contributed by atoms with Crippen molar-refractivity contribution in [3.63, 3.8) is 0 Å². The van der Waals surface area contributed by atoms with Gasteiger partial charge in [0.25, 0.3) is 5.56 Å². The van der Waals surface area contributed by atoms with Crippen molar-refractivity contribution in [2.75, 3.05) is 13.7 Å². The number of halogens is 1. The van der Waals surface area contributed by atoms with Gasteiger partial charge < -0.3 is 14.2 Å². The fraction of sp³-hybridized carbons (Fsp3) is 0.304. The molecular weight excluding hydrogens is 478 g/mol. The second kappa shape index (κ2) is 10.4. The summed E-state index contributed by atoms with van der Waals surface area (Å²) in [4.78, 5) is 29.4. The van der Waals surface area contributed by atoms with Gasteiger partial charge in [-0.1, -0.05) is 22.9 Å². The number of nitrogens with zero attached hydrogens (tertiary/aromatic N) is 3. The first kappa shape index (κ1) is 23.5. The summed E-state index contributed by atoms with van der Waals surface area (Å²) in [6.45, 7) is 5.53. The van der Waals surface area contributed by atoms with Crippen molar-refractivity contribution >= 4 is 39.0 Å².